The van der Waals surface area contributed by atoms with Gasteiger partial charge in [0.05, 0.1) is 19.3 Å². The van der Waals surface area contributed by atoms with Crippen LogP contribution in [0.25, 0.3) is 0 Å². The number of rotatable bonds is 11. The molecule has 1 amide bonds. The predicted molar refractivity (Wildman–Crippen MR) is 120 cm³/mol. The number of carbonyl (C=O) groups excluding carboxylic acids is 4. The van der Waals surface area contributed by atoms with Crippen molar-refractivity contribution in [2.75, 3.05) is 33.0 Å². The van der Waals surface area contributed by atoms with E-state index in [2.05, 4.69) is 18.8 Å². The molecule has 1 aliphatic rings. The average Bonchev–Trinajstić information content (AvgIpc) is 2.78. The SMILES string of the molecule is CCN(C(=O)OCCOCCOC(=O)C(=O)c1ccccc1)C1CC(N=C=O)CC(C)(C)C1. The number of nitrogens with zero attached hydrogens (tertiary/aromatic N) is 2. The highest BCUT2D eigenvalue weighted by atomic mass is 16.6. The lowest BCUT2D eigenvalue weighted by molar-refractivity contribution is -0.139. The molecule has 0 aromatic heterocycles. The van der Waals surface area contributed by atoms with Crippen LogP contribution in [-0.4, -0.2) is 73.9 Å². The Morgan fingerprint density at radius 1 is 1.06 bits per heavy atom. The zero-order chi connectivity index (χ0) is 24.3. The van der Waals surface area contributed by atoms with E-state index in [9.17, 15) is 19.2 Å². The smallest absolute Gasteiger partial charge is 0.410 e. The Balaban J connectivity index is 1.68. The number of amides is 1. The largest absolute Gasteiger partial charge is 0.457 e. The van der Waals surface area contributed by atoms with Gasteiger partial charge in [-0.05, 0) is 31.6 Å². The molecule has 2 atom stereocenters. The van der Waals surface area contributed by atoms with Crippen LogP contribution in [0.5, 0.6) is 0 Å². The molecule has 0 N–H and O–H groups in total. The van der Waals surface area contributed by atoms with Gasteiger partial charge in [0.25, 0.3) is 5.78 Å². The fourth-order valence-electron chi connectivity index (χ4n) is 4.13. The number of hydrogen-bond donors (Lipinski definition) is 0. The summed E-state index contributed by atoms with van der Waals surface area (Å²) in [6.45, 7) is 6.71. The lowest BCUT2D eigenvalue weighted by atomic mass is 9.72. The maximum absolute atomic E-state index is 12.6. The molecule has 0 radical (unpaired) electrons. The average molecular weight is 461 g/mol. The van der Waals surface area contributed by atoms with E-state index in [1.807, 2.05) is 6.92 Å². The normalized spacial score (nSPS) is 19.1. The summed E-state index contributed by atoms with van der Waals surface area (Å²) in [5.41, 5.74) is 0.214. The fourth-order valence-corrected chi connectivity index (χ4v) is 4.13. The van der Waals surface area contributed by atoms with Crippen LogP contribution in [0.4, 0.5) is 4.79 Å². The summed E-state index contributed by atoms with van der Waals surface area (Å²) >= 11 is 0. The monoisotopic (exact) mass is 460 g/mol. The molecule has 0 spiro atoms. The minimum atomic E-state index is -0.942. The molecule has 0 aliphatic heterocycles. The first-order valence-corrected chi connectivity index (χ1v) is 11.1. The Morgan fingerprint density at radius 3 is 2.36 bits per heavy atom. The number of aliphatic imine (C=N–C) groups is 1. The molecule has 1 aromatic rings. The second-order valence-electron chi connectivity index (χ2n) is 8.68. The third-order valence-electron chi connectivity index (χ3n) is 5.51. The third-order valence-corrected chi connectivity index (χ3v) is 5.51. The van der Waals surface area contributed by atoms with E-state index in [4.69, 9.17) is 14.2 Å². The van der Waals surface area contributed by atoms with Crippen LogP contribution >= 0.6 is 0 Å². The Hall–Kier alpha value is -3.03. The molecule has 2 rings (SSSR count). The summed E-state index contributed by atoms with van der Waals surface area (Å²) in [5.74, 6) is -1.65. The van der Waals surface area contributed by atoms with Gasteiger partial charge in [-0.1, -0.05) is 44.2 Å². The lowest BCUT2D eigenvalue weighted by Crippen LogP contribution is -2.47. The molecule has 0 bridgehead atoms. The Labute approximate surface area is 194 Å². The summed E-state index contributed by atoms with van der Waals surface area (Å²) in [6.07, 6.45) is 3.37. The third kappa shape index (κ3) is 8.44. The summed E-state index contributed by atoms with van der Waals surface area (Å²) in [4.78, 5) is 52.5. The quantitative estimate of drug-likeness (QED) is 0.124. The summed E-state index contributed by atoms with van der Waals surface area (Å²) < 4.78 is 15.6. The summed E-state index contributed by atoms with van der Waals surface area (Å²) in [7, 11) is 0. The van der Waals surface area contributed by atoms with Crippen LogP contribution in [0.3, 0.4) is 0 Å². The molecule has 9 heteroatoms. The van der Waals surface area contributed by atoms with Gasteiger partial charge >= 0.3 is 12.1 Å². The van der Waals surface area contributed by atoms with E-state index < -0.39 is 17.8 Å². The minimum absolute atomic E-state index is 0.0399. The maximum atomic E-state index is 12.6. The van der Waals surface area contributed by atoms with Crippen molar-refractivity contribution in [3.8, 4) is 0 Å². The molecule has 9 nitrogen and oxygen atoms in total. The van der Waals surface area contributed by atoms with Crippen molar-refractivity contribution in [3.63, 3.8) is 0 Å². The molecule has 1 saturated carbocycles. The molecule has 33 heavy (non-hydrogen) atoms. The number of ether oxygens (including phenoxy) is 3. The second kappa shape index (κ2) is 12.9. The van der Waals surface area contributed by atoms with Crippen LogP contribution < -0.4 is 0 Å². The van der Waals surface area contributed by atoms with E-state index in [1.54, 1.807) is 29.2 Å². The molecule has 0 heterocycles. The van der Waals surface area contributed by atoms with Crippen LogP contribution in [-0.2, 0) is 23.8 Å². The van der Waals surface area contributed by atoms with Gasteiger partial charge in [0, 0.05) is 18.2 Å². The first kappa shape index (κ1) is 26.2. The first-order valence-electron chi connectivity index (χ1n) is 11.1. The zero-order valence-corrected chi connectivity index (χ0v) is 19.5. The molecule has 1 aliphatic carbocycles. The maximum Gasteiger partial charge on any atom is 0.410 e. The second-order valence-corrected chi connectivity index (χ2v) is 8.68. The zero-order valence-electron chi connectivity index (χ0n) is 19.5. The van der Waals surface area contributed by atoms with Crippen LogP contribution in [0.2, 0.25) is 0 Å². The minimum Gasteiger partial charge on any atom is -0.457 e. The Morgan fingerprint density at radius 2 is 1.73 bits per heavy atom. The van der Waals surface area contributed by atoms with Crippen molar-refractivity contribution in [3.05, 3.63) is 35.9 Å². The van der Waals surface area contributed by atoms with Gasteiger partial charge in [-0.15, -0.1) is 0 Å². The van der Waals surface area contributed by atoms with E-state index in [1.165, 1.54) is 12.1 Å². The van der Waals surface area contributed by atoms with Crippen molar-refractivity contribution in [2.45, 2.75) is 52.1 Å². The number of esters is 1. The van der Waals surface area contributed by atoms with E-state index in [-0.39, 0.29) is 49.5 Å². The summed E-state index contributed by atoms with van der Waals surface area (Å²) in [6, 6.07) is 7.93. The van der Waals surface area contributed by atoms with Crippen LogP contribution in [0.15, 0.2) is 35.3 Å². The first-order chi connectivity index (χ1) is 15.8. The number of ketones is 1. The van der Waals surface area contributed by atoms with E-state index in [0.29, 0.717) is 13.0 Å². The number of carbonyl (C=O) groups is 3. The lowest BCUT2D eigenvalue weighted by Gasteiger charge is -2.42. The number of Topliss-reactive ketones (excluding diaryl/α,β-unsaturated/α-hetero) is 1. The predicted octanol–water partition coefficient (Wildman–Crippen LogP) is 3.17. The molecule has 0 saturated heterocycles. The van der Waals surface area contributed by atoms with Gasteiger partial charge < -0.3 is 19.1 Å². The topological polar surface area (TPSA) is 112 Å². The molecule has 1 fully saturated rings. The number of benzene rings is 1. The van der Waals surface area contributed by atoms with Crippen LogP contribution in [0, 0.1) is 5.41 Å². The molecule has 180 valence electrons. The Bertz CT molecular complexity index is 850. The van der Waals surface area contributed by atoms with Gasteiger partial charge in [0.2, 0.25) is 6.08 Å². The molecular formula is C24H32N2O7. The molecule has 1 aromatic carbocycles. The van der Waals surface area contributed by atoms with Gasteiger partial charge in [-0.25, -0.2) is 19.4 Å². The van der Waals surface area contributed by atoms with E-state index in [0.717, 1.165) is 12.8 Å². The van der Waals surface area contributed by atoms with Crippen molar-refractivity contribution >= 4 is 23.9 Å². The van der Waals surface area contributed by atoms with Crippen molar-refractivity contribution in [1.82, 2.24) is 4.90 Å². The van der Waals surface area contributed by atoms with Gasteiger partial charge in [-0.3, -0.25) is 4.79 Å². The molecular weight excluding hydrogens is 428 g/mol. The van der Waals surface area contributed by atoms with E-state index >= 15 is 0 Å². The Kier molecular flexibility index (Phi) is 10.2. The number of isocyanates is 1. The van der Waals surface area contributed by atoms with Crippen molar-refractivity contribution < 1.29 is 33.4 Å². The fraction of sp³-hybridized carbons (Fsp3) is 0.583. The highest BCUT2D eigenvalue weighted by molar-refractivity contribution is 6.40. The number of hydrogen-bond acceptors (Lipinski definition) is 8. The highest BCUT2D eigenvalue weighted by Gasteiger charge is 2.38. The van der Waals surface area contributed by atoms with Crippen LogP contribution in [0.1, 0.15) is 50.4 Å². The van der Waals surface area contributed by atoms with Gasteiger partial charge in [0.15, 0.2) is 0 Å². The highest BCUT2D eigenvalue weighted by Crippen LogP contribution is 2.38. The van der Waals surface area contributed by atoms with Crippen molar-refractivity contribution in [2.24, 2.45) is 10.4 Å². The molecule has 2 unspecified atom stereocenters. The standard InChI is InChI=1S/C24H32N2O7/c1-4-26(20-14-19(25-17-27)15-24(2,3)16-20)23(30)33-13-11-31-10-12-32-22(29)21(28)18-8-6-5-7-9-18/h5-9,19-20H,4,10-16H2,1-3H3. The summed E-state index contributed by atoms with van der Waals surface area (Å²) in [5, 5.41) is 0. The van der Waals surface area contributed by atoms with Crippen molar-refractivity contribution in [1.29, 1.82) is 0 Å². The van der Waals surface area contributed by atoms with Gasteiger partial charge in [-0.2, -0.15) is 0 Å². The van der Waals surface area contributed by atoms with Gasteiger partial charge in [0.1, 0.15) is 13.2 Å².